The molecule has 6 heteroatoms. The molecule has 2 aromatic rings. The van der Waals surface area contributed by atoms with E-state index in [0.29, 0.717) is 18.7 Å². The number of hydrogen-bond acceptors (Lipinski definition) is 4. The minimum absolute atomic E-state index is 0.0179. The number of thioether (sulfide) groups is 1. The van der Waals surface area contributed by atoms with Crippen LogP contribution in [0.15, 0.2) is 48.5 Å². The number of anilines is 1. The molecule has 29 heavy (non-hydrogen) atoms. The third-order valence-electron chi connectivity index (χ3n) is 4.41. The third kappa shape index (κ3) is 7.28. The summed E-state index contributed by atoms with van der Waals surface area (Å²) in [5, 5.41) is 11.5. The van der Waals surface area contributed by atoms with E-state index in [1.54, 1.807) is 12.1 Å². The fraction of sp³-hybridized carbons (Fsp3) is 0.348. The van der Waals surface area contributed by atoms with E-state index in [9.17, 15) is 9.59 Å². The van der Waals surface area contributed by atoms with Gasteiger partial charge >= 0.3 is 0 Å². The van der Waals surface area contributed by atoms with Crippen LogP contribution in [0.1, 0.15) is 37.0 Å². The maximum Gasteiger partial charge on any atom is 0.235 e. The molecule has 152 valence electrons. The Morgan fingerprint density at radius 2 is 1.79 bits per heavy atom. The Morgan fingerprint density at radius 3 is 2.38 bits per heavy atom. The summed E-state index contributed by atoms with van der Waals surface area (Å²) >= 11 is 1.34. The molecule has 0 bridgehead atoms. The lowest BCUT2D eigenvalue weighted by molar-refractivity contribution is -0.131. The van der Waals surface area contributed by atoms with Crippen LogP contribution in [0.5, 0.6) is 0 Å². The van der Waals surface area contributed by atoms with Gasteiger partial charge in [-0.3, -0.25) is 9.59 Å². The van der Waals surface area contributed by atoms with E-state index in [-0.39, 0.29) is 22.8 Å². The van der Waals surface area contributed by atoms with Gasteiger partial charge in [0.2, 0.25) is 11.8 Å². The minimum atomic E-state index is -0.316. The highest BCUT2D eigenvalue weighted by Crippen LogP contribution is 2.17. The van der Waals surface area contributed by atoms with Crippen LogP contribution in [-0.4, -0.2) is 34.3 Å². The number of benzene rings is 2. The average molecular weight is 410 g/mol. The van der Waals surface area contributed by atoms with Crippen molar-refractivity contribution in [2.24, 2.45) is 0 Å². The first kappa shape index (κ1) is 22.5. The molecule has 0 aliphatic rings. The van der Waals surface area contributed by atoms with Crippen LogP contribution in [0.3, 0.4) is 0 Å². The first-order valence-corrected chi connectivity index (χ1v) is 10.7. The lowest BCUT2D eigenvalue weighted by Gasteiger charge is -2.25. The van der Waals surface area contributed by atoms with Crippen molar-refractivity contribution in [2.45, 2.75) is 39.0 Å². The highest BCUT2D eigenvalue weighted by atomic mass is 32.2. The molecule has 2 aromatic carbocycles. The Labute approximate surface area is 177 Å². The summed E-state index contributed by atoms with van der Waals surface area (Å²) in [6.45, 7) is 7.02. The van der Waals surface area contributed by atoms with Gasteiger partial charge in [0, 0.05) is 18.8 Å². The average Bonchev–Trinajstić information content (AvgIpc) is 2.73. The van der Waals surface area contributed by atoms with Gasteiger partial charge in [0.05, 0.1) is 22.6 Å². The molecule has 0 saturated carbocycles. The number of aryl methyl sites for hydroxylation is 1. The molecule has 2 rings (SSSR count). The zero-order valence-corrected chi connectivity index (χ0v) is 18.0. The fourth-order valence-electron chi connectivity index (χ4n) is 2.81. The summed E-state index contributed by atoms with van der Waals surface area (Å²) < 4.78 is 0. The van der Waals surface area contributed by atoms with Crippen LogP contribution in [0.25, 0.3) is 0 Å². The first-order chi connectivity index (χ1) is 13.9. The molecule has 2 amide bonds. The largest absolute Gasteiger partial charge is 0.337 e. The van der Waals surface area contributed by atoms with Gasteiger partial charge in [-0.2, -0.15) is 5.26 Å². The highest BCUT2D eigenvalue weighted by Gasteiger charge is 2.21. The first-order valence-electron chi connectivity index (χ1n) is 9.69. The van der Waals surface area contributed by atoms with Gasteiger partial charge in [-0.1, -0.05) is 36.8 Å². The van der Waals surface area contributed by atoms with Crippen LogP contribution in [0.2, 0.25) is 0 Å². The van der Waals surface area contributed by atoms with E-state index < -0.39 is 0 Å². The van der Waals surface area contributed by atoms with Gasteiger partial charge in [0.25, 0.3) is 0 Å². The molecule has 1 N–H and O–H groups in total. The van der Waals surface area contributed by atoms with Crippen molar-refractivity contribution in [1.29, 1.82) is 5.26 Å². The molecule has 1 atom stereocenters. The summed E-state index contributed by atoms with van der Waals surface area (Å²) in [5.41, 5.74) is 3.48. The molecule has 0 spiro atoms. The molecule has 1 unspecified atom stereocenters. The van der Waals surface area contributed by atoms with Crippen LogP contribution < -0.4 is 5.32 Å². The van der Waals surface area contributed by atoms with Crippen LogP contribution in [0, 0.1) is 18.3 Å². The monoisotopic (exact) mass is 409 g/mol. The van der Waals surface area contributed by atoms with Crippen LogP contribution in [-0.2, 0) is 16.1 Å². The number of amides is 2. The standard InChI is InChI=1S/C23H27N3O2S/c1-4-13-26(15-20-9-7-19(14-24)8-10-20)23(28)18(3)29-16-22(27)25-21-11-5-17(2)6-12-21/h5-12,18H,4,13,15-16H2,1-3H3,(H,25,27). The second-order valence-corrected chi connectivity index (χ2v) is 8.27. The lowest BCUT2D eigenvalue weighted by Crippen LogP contribution is -2.37. The Morgan fingerprint density at radius 1 is 1.14 bits per heavy atom. The SMILES string of the molecule is CCCN(Cc1ccc(C#N)cc1)C(=O)C(C)SCC(=O)Nc1ccc(C)cc1. The normalized spacial score (nSPS) is 11.4. The summed E-state index contributed by atoms with van der Waals surface area (Å²) in [7, 11) is 0. The number of carbonyl (C=O) groups excluding carboxylic acids is 2. The van der Waals surface area contributed by atoms with E-state index >= 15 is 0 Å². The zero-order valence-electron chi connectivity index (χ0n) is 17.1. The summed E-state index contributed by atoms with van der Waals surface area (Å²) in [5.74, 6) is 0.120. The highest BCUT2D eigenvalue weighted by molar-refractivity contribution is 8.01. The van der Waals surface area contributed by atoms with Crippen LogP contribution >= 0.6 is 11.8 Å². The van der Waals surface area contributed by atoms with Gasteiger partial charge in [-0.15, -0.1) is 11.8 Å². The quantitative estimate of drug-likeness (QED) is 0.668. The number of hydrogen-bond donors (Lipinski definition) is 1. The molecule has 0 fully saturated rings. The number of rotatable bonds is 9. The lowest BCUT2D eigenvalue weighted by atomic mass is 10.1. The Hall–Kier alpha value is -2.78. The summed E-state index contributed by atoms with van der Waals surface area (Å²) in [6, 6.07) is 17.0. The van der Waals surface area contributed by atoms with Gasteiger partial charge in [0.1, 0.15) is 0 Å². The Bertz CT molecular complexity index is 857. The fourth-order valence-corrected chi connectivity index (χ4v) is 3.57. The smallest absolute Gasteiger partial charge is 0.235 e. The number of nitrogens with one attached hydrogen (secondary N) is 1. The van der Waals surface area contributed by atoms with E-state index in [0.717, 1.165) is 23.2 Å². The number of nitrogens with zero attached hydrogens (tertiary/aromatic N) is 2. The maximum absolute atomic E-state index is 12.9. The molecular formula is C23H27N3O2S. The zero-order chi connectivity index (χ0) is 21.2. The van der Waals surface area contributed by atoms with Gasteiger partial charge in [-0.05, 0) is 50.1 Å². The molecule has 0 radical (unpaired) electrons. The molecule has 0 aromatic heterocycles. The van der Waals surface area contributed by atoms with Crippen LogP contribution in [0.4, 0.5) is 5.69 Å². The van der Waals surface area contributed by atoms with Gasteiger partial charge in [-0.25, -0.2) is 0 Å². The molecule has 0 aliphatic heterocycles. The van der Waals surface area contributed by atoms with E-state index in [2.05, 4.69) is 11.4 Å². The van der Waals surface area contributed by atoms with Crippen molar-refractivity contribution in [1.82, 2.24) is 4.90 Å². The van der Waals surface area contributed by atoms with E-state index in [1.165, 1.54) is 11.8 Å². The summed E-state index contributed by atoms with van der Waals surface area (Å²) in [6.07, 6.45) is 0.854. The molecule has 0 aliphatic carbocycles. The second kappa shape index (κ2) is 11.3. The van der Waals surface area contributed by atoms with E-state index in [4.69, 9.17) is 5.26 Å². The van der Waals surface area contributed by atoms with Crippen molar-refractivity contribution < 1.29 is 9.59 Å². The molecule has 5 nitrogen and oxygen atoms in total. The minimum Gasteiger partial charge on any atom is -0.337 e. The summed E-state index contributed by atoms with van der Waals surface area (Å²) in [4.78, 5) is 26.9. The van der Waals surface area contributed by atoms with Crippen molar-refractivity contribution in [3.63, 3.8) is 0 Å². The molecule has 0 heterocycles. The Balaban J connectivity index is 1.89. The maximum atomic E-state index is 12.9. The molecular weight excluding hydrogens is 382 g/mol. The second-order valence-electron chi connectivity index (χ2n) is 6.94. The predicted octanol–water partition coefficient (Wildman–Crippen LogP) is 4.37. The van der Waals surface area contributed by atoms with Crippen molar-refractivity contribution in [3.8, 4) is 6.07 Å². The third-order valence-corrected chi connectivity index (χ3v) is 5.54. The van der Waals surface area contributed by atoms with Crippen molar-refractivity contribution in [2.75, 3.05) is 17.6 Å². The van der Waals surface area contributed by atoms with Gasteiger partial charge < -0.3 is 10.2 Å². The molecule has 0 saturated heterocycles. The van der Waals surface area contributed by atoms with E-state index in [1.807, 2.05) is 62.1 Å². The predicted molar refractivity (Wildman–Crippen MR) is 119 cm³/mol. The number of carbonyl (C=O) groups is 2. The van der Waals surface area contributed by atoms with Crippen molar-refractivity contribution >= 4 is 29.3 Å². The van der Waals surface area contributed by atoms with Crippen molar-refractivity contribution in [3.05, 3.63) is 65.2 Å². The Kier molecular flexibility index (Phi) is 8.75. The topological polar surface area (TPSA) is 73.2 Å². The number of nitriles is 1. The van der Waals surface area contributed by atoms with Gasteiger partial charge in [0.15, 0.2) is 0 Å².